The fourth-order valence-corrected chi connectivity index (χ4v) is 6.46. The monoisotopic (exact) mass is 350 g/mol. The van der Waals surface area contributed by atoms with Crippen LogP contribution in [0.3, 0.4) is 0 Å². The largest absolute Gasteiger partial charge is 0.673 e. The average Bonchev–Trinajstić information content (AvgIpc) is 2.44. The number of rotatable bonds is 0. The molecule has 0 amide bonds. The van der Waals surface area contributed by atoms with Gasteiger partial charge in [0.25, 0.3) is 0 Å². The van der Waals surface area contributed by atoms with Crippen LogP contribution in [0.15, 0.2) is 68.1 Å². The van der Waals surface area contributed by atoms with Crippen molar-refractivity contribution in [3.05, 3.63) is 48.5 Å². The zero-order chi connectivity index (χ0) is 16.5. The Kier molecular flexibility index (Phi) is 4.58. The van der Waals surface area contributed by atoms with Crippen molar-refractivity contribution in [1.29, 1.82) is 0 Å². The molecule has 3 rings (SSSR count). The van der Waals surface area contributed by atoms with E-state index in [2.05, 4.69) is 6.26 Å². The molecule has 1 heterocycles. The Morgan fingerprint density at radius 2 is 1.14 bits per heavy atom. The predicted molar refractivity (Wildman–Crippen MR) is 78.3 cm³/mol. The summed E-state index contributed by atoms with van der Waals surface area (Å²) in [6, 6.07) is 14.6. The third-order valence-corrected chi connectivity index (χ3v) is 7.10. The van der Waals surface area contributed by atoms with Gasteiger partial charge in [0, 0.05) is 0 Å². The van der Waals surface area contributed by atoms with E-state index in [4.69, 9.17) is 0 Å². The van der Waals surface area contributed by atoms with Gasteiger partial charge in [0.15, 0.2) is 9.79 Å². The van der Waals surface area contributed by atoms with Crippen LogP contribution in [0.5, 0.6) is 0 Å². The lowest BCUT2D eigenvalue weighted by atomic mass is 10.3. The third-order valence-electron chi connectivity index (χ3n) is 2.94. The van der Waals surface area contributed by atoms with Gasteiger partial charge in [-0.2, -0.15) is 0 Å². The quantitative estimate of drug-likeness (QED) is 0.412. The number of fused-ring (bicyclic) bond motifs is 2. The van der Waals surface area contributed by atoms with Crippen LogP contribution in [0, 0.1) is 0 Å². The maximum absolute atomic E-state index is 12.4. The molecule has 2 aromatic carbocycles. The third kappa shape index (κ3) is 3.46. The normalized spacial score (nSPS) is 16.0. The molecule has 0 aliphatic carbocycles. The van der Waals surface area contributed by atoms with Crippen molar-refractivity contribution in [3.63, 3.8) is 0 Å². The standard InChI is InChI=1S/C13H11O2S2.BF4/c1-16-10-6-2-4-8-12(10)17(14,15)13-9-5-3-7-11(13)16;2-1(3,4)5/h2-9H,1H3;/q+1;-1. The summed E-state index contributed by atoms with van der Waals surface area (Å²) in [5, 5.41) is 0. The smallest absolute Gasteiger partial charge is 0.418 e. The lowest BCUT2D eigenvalue weighted by Gasteiger charge is -2.17. The Labute approximate surface area is 128 Å². The van der Waals surface area contributed by atoms with Crippen molar-refractivity contribution in [3.8, 4) is 0 Å². The molecule has 0 N–H and O–H groups in total. The number of hydrogen-bond donors (Lipinski definition) is 0. The van der Waals surface area contributed by atoms with E-state index in [0.717, 1.165) is 9.79 Å². The molecule has 2 aromatic rings. The topological polar surface area (TPSA) is 34.1 Å². The van der Waals surface area contributed by atoms with Crippen LogP contribution in [0.1, 0.15) is 0 Å². The lowest BCUT2D eigenvalue weighted by molar-refractivity contribution is 0.368. The molecule has 0 aromatic heterocycles. The molecule has 2 nitrogen and oxygen atoms in total. The van der Waals surface area contributed by atoms with Gasteiger partial charge in [-0.1, -0.05) is 24.3 Å². The summed E-state index contributed by atoms with van der Waals surface area (Å²) in [5.41, 5.74) is 0. The van der Waals surface area contributed by atoms with E-state index in [0.29, 0.717) is 9.79 Å². The van der Waals surface area contributed by atoms with E-state index < -0.39 is 17.1 Å². The molecule has 118 valence electrons. The van der Waals surface area contributed by atoms with Gasteiger partial charge >= 0.3 is 7.25 Å². The van der Waals surface area contributed by atoms with E-state index in [1.165, 1.54) is 0 Å². The molecule has 1 aliphatic rings. The second-order valence-corrected chi connectivity index (χ2v) is 8.19. The van der Waals surface area contributed by atoms with Gasteiger partial charge in [0.05, 0.1) is 10.9 Å². The minimum atomic E-state index is -6.00. The van der Waals surface area contributed by atoms with Crippen molar-refractivity contribution in [2.24, 2.45) is 0 Å². The van der Waals surface area contributed by atoms with Crippen LogP contribution in [0.4, 0.5) is 17.3 Å². The maximum Gasteiger partial charge on any atom is 0.673 e. The minimum Gasteiger partial charge on any atom is -0.418 e. The summed E-state index contributed by atoms with van der Waals surface area (Å²) in [5.74, 6) is 0. The highest BCUT2D eigenvalue weighted by atomic mass is 32.2. The van der Waals surface area contributed by atoms with E-state index in [1.54, 1.807) is 24.3 Å². The first-order chi connectivity index (χ1) is 10.1. The average molecular weight is 350 g/mol. The Balaban J connectivity index is 0.000000309. The van der Waals surface area contributed by atoms with Crippen LogP contribution in [-0.4, -0.2) is 21.9 Å². The first-order valence-corrected chi connectivity index (χ1v) is 9.20. The van der Waals surface area contributed by atoms with Crippen molar-refractivity contribution >= 4 is 28.0 Å². The van der Waals surface area contributed by atoms with Gasteiger partial charge in [0.2, 0.25) is 9.84 Å². The summed E-state index contributed by atoms with van der Waals surface area (Å²) in [4.78, 5) is 2.77. The van der Waals surface area contributed by atoms with Gasteiger partial charge in [-0.3, -0.25) is 0 Å². The zero-order valence-electron chi connectivity index (χ0n) is 11.3. The fraction of sp³-hybridized carbons (Fsp3) is 0.0769. The van der Waals surface area contributed by atoms with Gasteiger partial charge in [-0.25, -0.2) is 8.42 Å². The molecule has 0 saturated carbocycles. The van der Waals surface area contributed by atoms with Crippen LogP contribution < -0.4 is 0 Å². The molecule has 0 saturated heterocycles. The number of hydrogen-bond acceptors (Lipinski definition) is 2. The fourth-order valence-electron chi connectivity index (χ4n) is 2.09. The SMILES string of the molecule is C[S+]1c2ccccc2S(=O)(=O)c2ccccc21.F[B-](F)(F)F. The minimum absolute atomic E-state index is 0.166. The Morgan fingerprint density at radius 3 is 1.50 bits per heavy atom. The molecule has 9 heteroatoms. The molecule has 0 spiro atoms. The molecule has 0 unspecified atom stereocenters. The summed E-state index contributed by atoms with van der Waals surface area (Å²) >= 11 is 0. The Bertz CT molecular complexity index is 731. The molecule has 22 heavy (non-hydrogen) atoms. The maximum atomic E-state index is 12.4. The summed E-state index contributed by atoms with van der Waals surface area (Å²) < 4.78 is 63.9. The van der Waals surface area contributed by atoms with Gasteiger partial charge < -0.3 is 17.3 Å². The zero-order valence-corrected chi connectivity index (χ0v) is 13.0. The molecular formula is C13H11BF4O2S2. The van der Waals surface area contributed by atoms with Crippen molar-refractivity contribution in [1.82, 2.24) is 0 Å². The van der Waals surface area contributed by atoms with Crippen molar-refractivity contribution in [2.45, 2.75) is 19.6 Å². The van der Waals surface area contributed by atoms with Crippen molar-refractivity contribution < 1.29 is 25.7 Å². The second kappa shape index (κ2) is 5.96. The molecule has 1 aliphatic heterocycles. The van der Waals surface area contributed by atoms with Crippen LogP contribution in [-0.2, 0) is 20.7 Å². The molecular weight excluding hydrogens is 339 g/mol. The first-order valence-electron chi connectivity index (χ1n) is 6.09. The van der Waals surface area contributed by atoms with E-state index >= 15 is 0 Å². The highest BCUT2D eigenvalue weighted by molar-refractivity contribution is 8.00. The first kappa shape index (κ1) is 16.9. The van der Waals surface area contributed by atoms with E-state index in [-0.39, 0.29) is 10.9 Å². The van der Waals surface area contributed by atoms with E-state index in [1.807, 2.05) is 24.3 Å². The Hall–Kier alpha value is -1.48. The highest BCUT2D eigenvalue weighted by Crippen LogP contribution is 2.39. The molecule has 0 radical (unpaired) electrons. The molecule has 0 fully saturated rings. The van der Waals surface area contributed by atoms with Gasteiger partial charge in [-0.05, 0) is 24.3 Å². The lowest BCUT2D eigenvalue weighted by Crippen LogP contribution is -2.18. The van der Waals surface area contributed by atoms with Crippen molar-refractivity contribution in [2.75, 3.05) is 6.26 Å². The summed E-state index contributed by atoms with van der Waals surface area (Å²) in [7, 11) is -9.49. The molecule has 0 bridgehead atoms. The van der Waals surface area contributed by atoms with E-state index in [9.17, 15) is 25.7 Å². The summed E-state index contributed by atoms with van der Waals surface area (Å²) in [6.07, 6.45) is 2.08. The van der Waals surface area contributed by atoms with Crippen LogP contribution >= 0.6 is 0 Å². The Morgan fingerprint density at radius 1 is 0.818 bits per heavy atom. The van der Waals surface area contributed by atoms with Crippen LogP contribution in [0.25, 0.3) is 0 Å². The summed E-state index contributed by atoms with van der Waals surface area (Å²) in [6.45, 7) is 0. The number of sulfone groups is 1. The molecule has 0 atom stereocenters. The predicted octanol–water partition coefficient (Wildman–Crippen LogP) is 3.80. The number of benzene rings is 2. The van der Waals surface area contributed by atoms with Gasteiger partial charge in [-0.15, -0.1) is 0 Å². The second-order valence-electron chi connectivity index (χ2n) is 4.40. The van der Waals surface area contributed by atoms with Gasteiger partial charge in [0.1, 0.15) is 16.0 Å². The highest BCUT2D eigenvalue weighted by Gasteiger charge is 2.40. The van der Waals surface area contributed by atoms with Crippen LogP contribution in [0.2, 0.25) is 0 Å². The number of halogens is 4.